The average Bonchev–Trinajstić information content (AvgIpc) is 3.40. The first kappa shape index (κ1) is 13.7. The van der Waals surface area contributed by atoms with Gasteiger partial charge in [-0.25, -0.2) is 17.7 Å². The predicted octanol–water partition coefficient (Wildman–Crippen LogP) is 1.74. The summed E-state index contributed by atoms with van der Waals surface area (Å²) in [5.41, 5.74) is 0. The molecule has 0 amide bonds. The highest BCUT2D eigenvalue weighted by atomic mass is 32.2. The van der Waals surface area contributed by atoms with Crippen molar-refractivity contribution in [3.8, 4) is 0 Å². The Morgan fingerprint density at radius 3 is 2.67 bits per heavy atom. The lowest BCUT2D eigenvalue weighted by molar-refractivity contribution is 0.306. The average molecular weight is 310 g/mol. The zero-order chi connectivity index (χ0) is 14.7. The molecule has 7 heteroatoms. The van der Waals surface area contributed by atoms with Crippen LogP contribution in [0.5, 0.6) is 0 Å². The van der Waals surface area contributed by atoms with Crippen LogP contribution in [0, 0.1) is 0 Å². The first-order chi connectivity index (χ1) is 9.99. The maximum atomic E-state index is 12.6. The Bertz CT molecular complexity index is 646. The van der Waals surface area contributed by atoms with Gasteiger partial charge in [-0.2, -0.15) is 5.10 Å². The van der Waals surface area contributed by atoms with Gasteiger partial charge in [0.05, 0.1) is 4.75 Å². The third kappa shape index (κ3) is 2.30. The monoisotopic (exact) mass is 310 g/mol. The van der Waals surface area contributed by atoms with Crippen LogP contribution in [0.4, 0.5) is 0 Å². The van der Waals surface area contributed by atoms with Gasteiger partial charge < -0.3 is 0 Å². The second-order valence-electron chi connectivity index (χ2n) is 7.01. The lowest BCUT2D eigenvalue weighted by Gasteiger charge is -2.32. The molecule has 0 aromatic carbocycles. The van der Waals surface area contributed by atoms with Crippen LogP contribution >= 0.6 is 0 Å². The number of aromatic amines is 1. The topological polar surface area (TPSA) is 79.0 Å². The molecule has 1 aliphatic heterocycles. The van der Waals surface area contributed by atoms with E-state index >= 15 is 0 Å². The largest absolute Gasteiger partial charge is 0.263 e. The van der Waals surface area contributed by atoms with Crippen molar-refractivity contribution < 1.29 is 8.42 Å². The van der Waals surface area contributed by atoms with Crippen molar-refractivity contribution in [3.05, 3.63) is 11.6 Å². The lowest BCUT2D eigenvalue weighted by Crippen LogP contribution is -2.44. The molecule has 1 N–H and O–H groups in total. The Balaban J connectivity index is 1.52. The number of H-pyrrole nitrogens is 1. The minimum absolute atomic E-state index is 0.139. The summed E-state index contributed by atoms with van der Waals surface area (Å²) < 4.78 is 26.5. The Labute approximate surface area is 125 Å². The van der Waals surface area contributed by atoms with E-state index in [1.165, 1.54) is 12.8 Å². The summed E-state index contributed by atoms with van der Waals surface area (Å²) in [5.74, 6) is 2.48. The van der Waals surface area contributed by atoms with Gasteiger partial charge in [-0.3, -0.25) is 5.10 Å². The maximum absolute atomic E-state index is 12.6. The van der Waals surface area contributed by atoms with Crippen LogP contribution in [0.1, 0.15) is 68.9 Å². The van der Waals surface area contributed by atoms with Crippen LogP contribution in [0.25, 0.3) is 0 Å². The molecule has 116 valence electrons. The minimum atomic E-state index is -3.16. The minimum Gasteiger partial charge on any atom is -0.263 e. The van der Waals surface area contributed by atoms with Crippen molar-refractivity contribution in [2.24, 2.45) is 0 Å². The van der Waals surface area contributed by atoms with Crippen molar-refractivity contribution in [2.45, 2.75) is 62.0 Å². The molecule has 0 bridgehead atoms. The smallest absolute Gasteiger partial charge is 0.219 e. The molecule has 2 saturated carbocycles. The number of hydrogen-bond donors (Lipinski definition) is 1. The van der Waals surface area contributed by atoms with Crippen LogP contribution in [-0.2, 0) is 10.0 Å². The van der Waals surface area contributed by atoms with E-state index in [-0.39, 0.29) is 5.92 Å². The van der Waals surface area contributed by atoms with E-state index in [4.69, 9.17) is 0 Å². The zero-order valence-electron chi connectivity index (χ0n) is 12.4. The second-order valence-corrected chi connectivity index (χ2v) is 9.46. The summed E-state index contributed by atoms with van der Waals surface area (Å²) in [7, 11) is -3.16. The fourth-order valence-corrected chi connectivity index (χ4v) is 5.11. The van der Waals surface area contributed by atoms with Gasteiger partial charge >= 0.3 is 0 Å². The molecule has 1 aromatic rings. The molecule has 1 saturated heterocycles. The first-order valence-electron chi connectivity index (χ1n) is 7.91. The van der Waals surface area contributed by atoms with Gasteiger partial charge in [0.2, 0.25) is 10.0 Å². The van der Waals surface area contributed by atoms with Gasteiger partial charge in [-0.05, 0) is 45.4 Å². The Morgan fingerprint density at radius 2 is 2.00 bits per heavy atom. The fraction of sp³-hybridized carbons (Fsp3) is 0.857. The predicted molar refractivity (Wildman–Crippen MR) is 78.5 cm³/mol. The molecule has 0 spiro atoms. The molecule has 21 heavy (non-hydrogen) atoms. The van der Waals surface area contributed by atoms with E-state index in [0.717, 1.165) is 37.3 Å². The molecule has 1 aromatic heterocycles. The Morgan fingerprint density at radius 1 is 1.24 bits per heavy atom. The Hall–Kier alpha value is -0.950. The summed E-state index contributed by atoms with van der Waals surface area (Å²) >= 11 is 0. The molecule has 4 rings (SSSR count). The van der Waals surface area contributed by atoms with Crippen molar-refractivity contribution in [3.63, 3.8) is 0 Å². The molecule has 3 aliphatic rings. The van der Waals surface area contributed by atoms with Crippen LogP contribution < -0.4 is 0 Å². The third-order valence-electron chi connectivity index (χ3n) is 5.15. The highest BCUT2D eigenvalue weighted by Crippen LogP contribution is 2.46. The van der Waals surface area contributed by atoms with Crippen molar-refractivity contribution in [1.29, 1.82) is 0 Å². The van der Waals surface area contributed by atoms with Gasteiger partial charge in [-0.1, -0.05) is 0 Å². The van der Waals surface area contributed by atoms with Crippen LogP contribution in [0.15, 0.2) is 0 Å². The van der Waals surface area contributed by atoms with Crippen LogP contribution in [0.2, 0.25) is 0 Å². The van der Waals surface area contributed by atoms with Crippen molar-refractivity contribution in [1.82, 2.24) is 19.5 Å². The summed E-state index contributed by atoms with van der Waals surface area (Å²) in [5, 5.41) is 7.37. The fourth-order valence-electron chi connectivity index (χ4n) is 3.13. The van der Waals surface area contributed by atoms with E-state index in [9.17, 15) is 8.42 Å². The third-order valence-corrected chi connectivity index (χ3v) is 7.82. The van der Waals surface area contributed by atoms with E-state index in [1.807, 2.05) is 6.92 Å². The molecule has 3 fully saturated rings. The zero-order valence-corrected chi connectivity index (χ0v) is 13.2. The van der Waals surface area contributed by atoms with E-state index < -0.39 is 14.8 Å². The molecule has 1 atom stereocenters. The standard InChI is InChI=1S/C14H22N4O2S/c1-14(6-7-14)21(19,20)18-8-2-3-11(9-18)13-15-12(16-17-13)10-4-5-10/h10-11H,2-9H2,1H3,(H,15,16,17). The first-order valence-corrected chi connectivity index (χ1v) is 9.35. The van der Waals surface area contributed by atoms with Gasteiger partial charge in [-0.15, -0.1) is 0 Å². The summed E-state index contributed by atoms with van der Waals surface area (Å²) in [4.78, 5) is 4.60. The summed E-state index contributed by atoms with van der Waals surface area (Å²) in [6.07, 6.45) is 5.85. The molecule has 1 unspecified atom stereocenters. The normalized spacial score (nSPS) is 29.5. The number of piperidine rings is 1. The van der Waals surface area contributed by atoms with Gasteiger partial charge in [0.1, 0.15) is 5.82 Å². The number of hydrogen-bond acceptors (Lipinski definition) is 4. The van der Waals surface area contributed by atoms with Crippen LogP contribution in [0.3, 0.4) is 0 Å². The molecular formula is C14H22N4O2S. The van der Waals surface area contributed by atoms with E-state index in [2.05, 4.69) is 15.2 Å². The maximum Gasteiger partial charge on any atom is 0.219 e. The Kier molecular flexibility index (Phi) is 2.95. The van der Waals surface area contributed by atoms with Crippen molar-refractivity contribution in [2.75, 3.05) is 13.1 Å². The number of rotatable bonds is 4. The molecule has 2 aliphatic carbocycles. The second kappa shape index (κ2) is 4.52. The lowest BCUT2D eigenvalue weighted by atomic mass is 9.99. The number of nitrogens with zero attached hydrogens (tertiary/aromatic N) is 3. The van der Waals surface area contributed by atoms with E-state index in [0.29, 0.717) is 19.0 Å². The number of aromatic nitrogens is 3. The number of sulfonamides is 1. The molecule has 2 heterocycles. The molecule has 0 radical (unpaired) electrons. The summed E-state index contributed by atoms with van der Waals surface area (Å²) in [6.45, 7) is 3.05. The van der Waals surface area contributed by atoms with E-state index in [1.54, 1.807) is 4.31 Å². The van der Waals surface area contributed by atoms with Gasteiger partial charge in [0, 0.05) is 24.9 Å². The highest BCUT2D eigenvalue weighted by molar-refractivity contribution is 7.90. The van der Waals surface area contributed by atoms with Gasteiger partial charge in [0.25, 0.3) is 0 Å². The number of nitrogens with one attached hydrogen (secondary N) is 1. The SMILES string of the molecule is CC1(S(=O)(=O)N2CCCC(c3n[nH]c(C4CC4)n3)C2)CC1. The van der Waals surface area contributed by atoms with Crippen LogP contribution in [-0.4, -0.2) is 45.7 Å². The van der Waals surface area contributed by atoms with Crippen molar-refractivity contribution >= 4 is 10.0 Å². The quantitative estimate of drug-likeness (QED) is 0.919. The van der Waals surface area contributed by atoms with Gasteiger partial charge in [0.15, 0.2) is 5.82 Å². The summed E-state index contributed by atoms with van der Waals surface area (Å²) in [6, 6.07) is 0. The molecule has 6 nitrogen and oxygen atoms in total. The highest BCUT2D eigenvalue weighted by Gasteiger charge is 2.53. The molecular weight excluding hydrogens is 288 g/mol.